The van der Waals surface area contributed by atoms with E-state index in [1.807, 2.05) is 29.2 Å². The molecule has 194 valence electrons. The van der Waals surface area contributed by atoms with Crippen molar-refractivity contribution < 1.29 is 14.7 Å². The molecule has 0 radical (unpaired) electrons. The predicted octanol–water partition coefficient (Wildman–Crippen LogP) is 3.63. The SMILES string of the molecule is CNC(=O)c1cc(Cl)ncc1NC(=O)C1(c2ccccc2C(C)C)CN(c2ccc(C(C)(C)O)nn2)C1. The molecule has 3 aromatic rings. The van der Waals surface area contributed by atoms with Gasteiger partial charge in [-0.25, -0.2) is 4.98 Å². The van der Waals surface area contributed by atoms with Crippen LogP contribution in [0.25, 0.3) is 0 Å². The van der Waals surface area contributed by atoms with Crippen LogP contribution in [0.5, 0.6) is 0 Å². The quantitative estimate of drug-likeness (QED) is 0.405. The van der Waals surface area contributed by atoms with Gasteiger partial charge in [0.2, 0.25) is 5.91 Å². The smallest absolute Gasteiger partial charge is 0.253 e. The van der Waals surface area contributed by atoms with Crippen molar-refractivity contribution in [2.45, 2.75) is 44.6 Å². The molecule has 1 aliphatic rings. The molecule has 37 heavy (non-hydrogen) atoms. The van der Waals surface area contributed by atoms with Crippen molar-refractivity contribution in [1.82, 2.24) is 20.5 Å². The Kier molecular flexibility index (Phi) is 7.21. The molecule has 4 rings (SSSR count). The Balaban J connectivity index is 1.70. The third kappa shape index (κ3) is 5.14. The number of hydrogen-bond donors (Lipinski definition) is 3. The van der Waals surface area contributed by atoms with E-state index in [0.29, 0.717) is 24.6 Å². The van der Waals surface area contributed by atoms with E-state index in [4.69, 9.17) is 11.6 Å². The molecule has 9 nitrogen and oxygen atoms in total. The number of carbonyl (C=O) groups excluding carboxylic acids is 2. The second-order valence-corrected chi connectivity index (χ2v) is 10.5. The highest BCUT2D eigenvalue weighted by Crippen LogP contribution is 2.41. The molecule has 1 aromatic carbocycles. The molecule has 1 fully saturated rings. The Morgan fingerprint density at radius 1 is 1.14 bits per heavy atom. The summed E-state index contributed by atoms with van der Waals surface area (Å²) < 4.78 is 0. The van der Waals surface area contributed by atoms with E-state index >= 15 is 0 Å². The number of hydrogen-bond acceptors (Lipinski definition) is 7. The van der Waals surface area contributed by atoms with Crippen LogP contribution in [0.15, 0.2) is 48.7 Å². The zero-order chi connectivity index (χ0) is 27.0. The number of carbonyl (C=O) groups is 2. The summed E-state index contributed by atoms with van der Waals surface area (Å²) in [5, 5.41) is 24.3. The van der Waals surface area contributed by atoms with Crippen molar-refractivity contribution in [3.63, 3.8) is 0 Å². The second kappa shape index (κ2) is 10.1. The summed E-state index contributed by atoms with van der Waals surface area (Å²) >= 11 is 6.02. The molecule has 0 bridgehead atoms. The maximum absolute atomic E-state index is 14.0. The number of rotatable bonds is 7. The average Bonchev–Trinajstić information content (AvgIpc) is 2.84. The topological polar surface area (TPSA) is 120 Å². The third-order valence-electron chi connectivity index (χ3n) is 6.65. The molecule has 2 aromatic heterocycles. The lowest BCUT2D eigenvalue weighted by Crippen LogP contribution is -2.66. The van der Waals surface area contributed by atoms with Gasteiger partial charge in [0.25, 0.3) is 5.91 Å². The summed E-state index contributed by atoms with van der Waals surface area (Å²) in [6.07, 6.45) is 1.39. The third-order valence-corrected chi connectivity index (χ3v) is 6.85. The van der Waals surface area contributed by atoms with Gasteiger partial charge in [-0.2, -0.15) is 5.10 Å². The number of halogens is 1. The van der Waals surface area contributed by atoms with Crippen LogP contribution < -0.4 is 15.5 Å². The van der Waals surface area contributed by atoms with E-state index in [-0.39, 0.29) is 34.1 Å². The molecule has 0 spiro atoms. The number of aromatic nitrogens is 3. The number of nitrogens with zero attached hydrogens (tertiary/aromatic N) is 4. The predicted molar refractivity (Wildman–Crippen MR) is 143 cm³/mol. The fourth-order valence-electron chi connectivity index (χ4n) is 4.55. The van der Waals surface area contributed by atoms with Crippen LogP contribution in [0.1, 0.15) is 60.8 Å². The first-order chi connectivity index (χ1) is 17.5. The van der Waals surface area contributed by atoms with Crippen LogP contribution in [0, 0.1) is 0 Å². The number of amides is 2. The highest BCUT2D eigenvalue weighted by molar-refractivity contribution is 6.30. The van der Waals surface area contributed by atoms with E-state index in [2.05, 4.69) is 39.7 Å². The van der Waals surface area contributed by atoms with Gasteiger partial charge in [0, 0.05) is 20.1 Å². The number of aliphatic hydroxyl groups is 1. The maximum atomic E-state index is 14.0. The van der Waals surface area contributed by atoms with Crippen molar-refractivity contribution in [2.75, 3.05) is 30.4 Å². The number of nitrogens with one attached hydrogen (secondary N) is 2. The largest absolute Gasteiger partial charge is 0.384 e. The summed E-state index contributed by atoms with van der Waals surface area (Å²) in [5.74, 6) is 0.165. The van der Waals surface area contributed by atoms with Crippen molar-refractivity contribution >= 4 is 34.9 Å². The van der Waals surface area contributed by atoms with Gasteiger partial charge in [0.05, 0.1) is 23.1 Å². The van der Waals surface area contributed by atoms with Crippen LogP contribution in [0.4, 0.5) is 11.5 Å². The number of benzene rings is 1. The summed E-state index contributed by atoms with van der Waals surface area (Å²) in [6.45, 7) is 8.20. The van der Waals surface area contributed by atoms with Crippen LogP contribution in [0.3, 0.4) is 0 Å². The van der Waals surface area contributed by atoms with E-state index < -0.39 is 11.0 Å². The lowest BCUT2D eigenvalue weighted by molar-refractivity contribution is -0.122. The summed E-state index contributed by atoms with van der Waals surface area (Å²) in [6, 6.07) is 12.9. The molecule has 0 saturated carbocycles. The fraction of sp³-hybridized carbons (Fsp3) is 0.370. The molecular formula is C27H31ClN6O3. The maximum Gasteiger partial charge on any atom is 0.253 e. The van der Waals surface area contributed by atoms with E-state index in [9.17, 15) is 14.7 Å². The van der Waals surface area contributed by atoms with Crippen molar-refractivity contribution in [2.24, 2.45) is 0 Å². The Bertz CT molecular complexity index is 1310. The minimum atomic E-state index is -1.10. The van der Waals surface area contributed by atoms with Gasteiger partial charge in [0.15, 0.2) is 5.82 Å². The molecule has 2 amide bonds. The zero-order valence-electron chi connectivity index (χ0n) is 21.5. The highest BCUT2D eigenvalue weighted by Gasteiger charge is 2.52. The molecule has 10 heteroatoms. The van der Waals surface area contributed by atoms with E-state index in [0.717, 1.165) is 11.1 Å². The normalized spacial score (nSPS) is 14.8. The molecule has 3 N–H and O–H groups in total. The van der Waals surface area contributed by atoms with Crippen molar-refractivity contribution in [1.29, 1.82) is 0 Å². The van der Waals surface area contributed by atoms with Crippen LogP contribution in [0.2, 0.25) is 5.15 Å². The lowest BCUT2D eigenvalue weighted by Gasteiger charge is -2.50. The first-order valence-electron chi connectivity index (χ1n) is 12.1. The second-order valence-electron chi connectivity index (χ2n) is 10.1. The van der Waals surface area contributed by atoms with Gasteiger partial charge < -0.3 is 20.6 Å². The van der Waals surface area contributed by atoms with E-state index in [1.54, 1.807) is 26.0 Å². The minimum absolute atomic E-state index is 0.152. The summed E-state index contributed by atoms with van der Waals surface area (Å²) in [7, 11) is 1.51. The Morgan fingerprint density at radius 3 is 2.43 bits per heavy atom. The van der Waals surface area contributed by atoms with Gasteiger partial charge in [-0.15, -0.1) is 5.10 Å². The highest BCUT2D eigenvalue weighted by atomic mass is 35.5. The van der Waals surface area contributed by atoms with Crippen molar-refractivity contribution in [3.8, 4) is 0 Å². The molecule has 0 unspecified atom stereocenters. The number of anilines is 2. The molecule has 1 aliphatic heterocycles. The minimum Gasteiger partial charge on any atom is -0.384 e. The standard InChI is InChI=1S/C27H31ClN6O3/c1-16(2)17-8-6-7-9-19(17)27(14-34(15-27)23-11-10-21(32-33-23)26(3,4)37)25(36)31-20-13-30-22(28)12-18(20)24(35)29-5/h6-13,16,37H,14-15H2,1-5H3,(H,29,35)(H,31,36). The van der Waals surface area contributed by atoms with Gasteiger partial charge in [-0.3, -0.25) is 9.59 Å². The van der Waals surface area contributed by atoms with Crippen LogP contribution >= 0.6 is 11.6 Å². The fourth-order valence-corrected chi connectivity index (χ4v) is 4.71. The van der Waals surface area contributed by atoms with Gasteiger partial charge >= 0.3 is 0 Å². The first-order valence-corrected chi connectivity index (χ1v) is 12.4. The molecule has 1 saturated heterocycles. The van der Waals surface area contributed by atoms with Crippen LogP contribution in [-0.2, 0) is 15.8 Å². The number of pyridine rings is 1. The first kappa shape index (κ1) is 26.5. The van der Waals surface area contributed by atoms with Gasteiger partial charge in [-0.1, -0.05) is 49.7 Å². The van der Waals surface area contributed by atoms with Gasteiger partial charge in [-0.05, 0) is 49.1 Å². The Labute approximate surface area is 221 Å². The zero-order valence-corrected chi connectivity index (χ0v) is 22.3. The van der Waals surface area contributed by atoms with Crippen molar-refractivity contribution in [3.05, 3.63) is 76.2 Å². The molecular weight excluding hydrogens is 492 g/mol. The molecule has 0 aliphatic carbocycles. The monoisotopic (exact) mass is 522 g/mol. The lowest BCUT2D eigenvalue weighted by atomic mass is 9.69. The summed E-state index contributed by atoms with van der Waals surface area (Å²) in [5.41, 5.74) is 0.954. The van der Waals surface area contributed by atoms with Gasteiger partial charge in [0.1, 0.15) is 16.2 Å². The van der Waals surface area contributed by atoms with Crippen LogP contribution in [-0.4, -0.2) is 52.2 Å². The Morgan fingerprint density at radius 2 is 1.84 bits per heavy atom. The van der Waals surface area contributed by atoms with E-state index in [1.165, 1.54) is 19.3 Å². The Hall–Kier alpha value is -3.56. The summed E-state index contributed by atoms with van der Waals surface area (Å²) in [4.78, 5) is 32.5. The molecule has 0 atom stereocenters. The molecule has 3 heterocycles. The average molecular weight is 523 g/mol.